The second-order valence-electron chi connectivity index (χ2n) is 3.12. The molecule has 1 aromatic heterocycles. The average Bonchev–Trinajstić information content (AvgIpc) is 2.48. The SMILES string of the molecule is CC(N)c1cc2ccoc2cc1F. The van der Waals surface area contributed by atoms with E-state index in [9.17, 15) is 4.39 Å². The van der Waals surface area contributed by atoms with Crippen molar-refractivity contribution in [3.8, 4) is 0 Å². The summed E-state index contributed by atoms with van der Waals surface area (Å²) in [6, 6.07) is 4.59. The van der Waals surface area contributed by atoms with Crippen LogP contribution in [0.4, 0.5) is 4.39 Å². The van der Waals surface area contributed by atoms with Gasteiger partial charge >= 0.3 is 0 Å². The van der Waals surface area contributed by atoms with E-state index in [0.717, 1.165) is 5.39 Å². The van der Waals surface area contributed by atoms with E-state index in [4.69, 9.17) is 10.2 Å². The van der Waals surface area contributed by atoms with Gasteiger partial charge in [-0.3, -0.25) is 0 Å². The summed E-state index contributed by atoms with van der Waals surface area (Å²) in [6.07, 6.45) is 1.54. The number of rotatable bonds is 1. The summed E-state index contributed by atoms with van der Waals surface area (Å²) >= 11 is 0. The van der Waals surface area contributed by atoms with E-state index in [2.05, 4.69) is 0 Å². The van der Waals surface area contributed by atoms with Crippen LogP contribution >= 0.6 is 0 Å². The van der Waals surface area contributed by atoms with E-state index in [1.165, 1.54) is 12.3 Å². The Hall–Kier alpha value is -1.35. The minimum atomic E-state index is -0.308. The zero-order chi connectivity index (χ0) is 9.42. The maximum atomic E-state index is 13.3. The van der Waals surface area contributed by atoms with Gasteiger partial charge in [0.15, 0.2) is 0 Å². The third-order valence-corrected chi connectivity index (χ3v) is 2.06. The molecule has 2 aromatic rings. The van der Waals surface area contributed by atoms with Gasteiger partial charge in [-0.05, 0) is 19.1 Å². The average molecular weight is 179 g/mol. The molecule has 1 unspecified atom stereocenters. The van der Waals surface area contributed by atoms with E-state index < -0.39 is 0 Å². The largest absolute Gasteiger partial charge is 0.464 e. The molecule has 1 atom stereocenters. The summed E-state index contributed by atoms with van der Waals surface area (Å²) in [5, 5.41) is 0.883. The molecular formula is C10H10FNO. The van der Waals surface area contributed by atoms with Gasteiger partial charge in [-0.1, -0.05) is 0 Å². The van der Waals surface area contributed by atoms with Crippen molar-refractivity contribution in [1.82, 2.24) is 0 Å². The Morgan fingerprint density at radius 3 is 2.92 bits per heavy atom. The monoisotopic (exact) mass is 179 g/mol. The normalized spacial score (nSPS) is 13.5. The molecule has 0 bridgehead atoms. The zero-order valence-corrected chi connectivity index (χ0v) is 7.25. The van der Waals surface area contributed by atoms with E-state index in [1.807, 2.05) is 0 Å². The van der Waals surface area contributed by atoms with E-state index >= 15 is 0 Å². The molecule has 1 heterocycles. The number of fused-ring (bicyclic) bond motifs is 1. The molecule has 0 saturated carbocycles. The number of halogens is 1. The fraction of sp³-hybridized carbons (Fsp3) is 0.200. The quantitative estimate of drug-likeness (QED) is 0.730. The molecule has 0 aliphatic heterocycles. The lowest BCUT2D eigenvalue weighted by Gasteiger charge is -2.06. The molecule has 68 valence electrons. The molecule has 0 saturated heterocycles. The molecule has 2 nitrogen and oxygen atoms in total. The third-order valence-electron chi connectivity index (χ3n) is 2.06. The van der Waals surface area contributed by atoms with Crippen LogP contribution in [0.1, 0.15) is 18.5 Å². The van der Waals surface area contributed by atoms with E-state index in [-0.39, 0.29) is 11.9 Å². The standard InChI is InChI=1S/C10H10FNO/c1-6(12)8-4-7-2-3-13-10(7)5-9(8)11/h2-6H,12H2,1H3. The highest BCUT2D eigenvalue weighted by Crippen LogP contribution is 2.23. The van der Waals surface area contributed by atoms with Crippen molar-refractivity contribution in [1.29, 1.82) is 0 Å². The van der Waals surface area contributed by atoms with Crippen LogP contribution in [0.15, 0.2) is 28.9 Å². The second kappa shape index (κ2) is 2.85. The molecule has 2 rings (SSSR count). The first kappa shape index (κ1) is 8.26. The number of benzene rings is 1. The van der Waals surface area contributed by atoms with Crippen molar-refractivity contribution < 1.29 is 8.81 Å². The summed E-state index contributed by atoms with van der Waals surface area (Å²) in [5.74, 6) is -0.308. The van der Waals surface area contributed by atoms with Crippen LogP contribution in [-0.2, 0) is 0 Å². The Bertz CT molecular complexity index is 433. The van der Waals surface area contributed by atoms with Crippen LogP contribution in [0.25, 0.3) is 11.0 Å². The van der Waals surface area contributed by atoms with Crippen molar-refractivity contribution in [3.05, 3.63) is 35.8 Å². The zero-order valence-electron chi connectivity index (χ0n) is 7.25. The Kier molecular flexibility index (Phi) is 1.81. The first-order chi connectivity index (χ1) is 6.18. The number of nitrogens with two attached hydrogens (primary N) is 1. The smallest absolute Gasteiger partial charge is 0.136 e. The van der Waals surface area contributed by atoms with Crippen LogP contribution in [0, 0.1) is 5.82 Å². The first-order valence-electron chi connectivity index (χ1n) is 4.10. The molecule has 0 aliphatic carbocycles. The number of furan rings is 1. The molecule has 13 heavy (non-hydrogen) atoms. The van der Waals surface area contributed by atoms with Crippen molar-refractivity contribution in [2.24, 2.45) is 5.73 Å². The molecule has 0 spiro atoms. The van der Waals surface area contributed by atoms with Crippen molar-refractivity contribution >= 4 is 11.0 Å². The highest BCUT2D eigenvalue weighted by molar-refractivity contribution is 5.78. The molecule has 0 aliphatic rings. The highest BCUT2D eigenvalue weighted by atomic mass is 19.1. The van der Waals surface area contributed by atoms with Gasteiger partial charge in [0.05, 0.1) is 6.26 Å². The van der Waals surface area contributed by atoms with Gasteiger partial charge in [-0.25, -0.2) is 4.39 Å². The maximum Gasteiger partial charge on any atom is 0.136 e. The lowest BCUT2D eigenvalue weighted by atomic mass is 10.1. The Labute approximate surface area is 75.1 Å². The lowest BCUT2D eigenvalue weighted by molar-refractivity contribution is 0.581. The molecule has 0 fully saturated rings. The summed E-state index contributed by atoms with van der Waals surface area (Å²) in [6.45, 7) is 1.75. The van der Waals surface area contributed by atoms with E-state index in [1.54, 1.807) is 19.1 Å². The predicted octanol–water partition coefficient (Wildman–Crippen LogP) is 2.59. The lowest BCUT2D eigenvalue weighted by Crippen LogP contribution is -2.06. The topological polar surface area (TPSA) is 39.2 Å². The molecule has 0 amide bonds. The first-order valence-corrected chi connectivity index (χ1v) is 4.10. The summed E-state index contributed by atoms with van der Waals surface area (Å²) in [4.78, 5) is 0. The van der Waals surface area contributed by atoms with Crippen LogP contribution in [0.2, 0.25) is 0 Å². The predicted molar refractivity (Wildman–Crippen MR) is 48.8 cm³/mol. The van der Waals surface area contributed by atoms with Crippen LogP contribution < -0.4 is 5.73 Å². The minimum Gasteiger partial charge on any atom is -0.464 e. The van der Waals surface area contributed by atoms with Gasteiger partial charge < -0.3 is 10.2 Å². The third kappa shape index (κ3) is 1.31. The number of hydrogen-bond acceptors (Lipinski definition) is 2. The van der Waals surface area contributed by atoms with Gasteiger partial charge in [0.2, 0.25) is 0 Å². The molecule has 2 N–H and O–H groups in total. The fourth-order valence-electron chi connectivity index (χ4n) is 1.35. The second-order valence-corrected chi connectivity index (χ2v) is 3.12. The Morgan fingerprint density at radius 2 is 2.23 bits per heavy atom. The van der Waals surface area contributed by atoms with Gasteiger partial charge in [0.1, 0.15) is 11.4 Å². The summed E-state index contributed by atoms with van der Waals surface area (Å²) < 4.78 is 18.4. The van der Waals surface area contributed by atoms with Gasteiger partial charge in [-0.15, -0.1) is 0 Å². The molecule has 3 heteroatoms. The summed E-state index contributed by atoms with van der Waals surface area (Å²) in [5.41, 5.74) is 6.68. The minimum absolute atomic E-state index is 0.292. The highest BCUT2D eigenvalue weighted by Gasteiger charge is 2.09. The maximum absolute atomic E-state index is 13.3. The Morgan fingerprint density at radius 1 is 1.46 bits per heavy atom. The van der Waals surface area contributed by atoms with Crippen LogP contribution in [0.3, 0.4) is 0 Å². The van der Waals surface area contributed by atoms with E-state index in [0.29, 0.717) is 11.1 Å². The van der Waals surface area contributed by atoms with Gasteiger partial charge in [0.25, 0.3) is 0 Å². The van der Waals surface area contributed by atoms with Crippen molar-refractivity contribution in [2.75, 3.05) is 0 Å². The van der Waals surface area contributed by atoms with Crippen LogP contribution in [0.5, 0.6) is 0 Å². The van der Waals surface area contributed by atoms with Gasteiger partial charge in [0, 0.05) is 23.1 Å². The summed E-state index contributed by atoms with van der Waals surface area (Å²) in [7, 11) is 0. The number of hydrogen-bond donors (Lipinski definition) is 1. The van der Waals surface area contributed by atoms with Gasteiger partial charge in [-0.2, -0.15) is 0 Å². The van der Waals surface area contributed by atoms with Crippen LogP contribution in [-0.4, -0.2) is 0 Å². The molecule has 0 radical (unpaired) electrons. The fourth-order valence-corrected chi connectivity index (χ4v) is 1.35. The Balaban J connectivity index is 2.69. The molecular weight excluding hydrogens is 169 g/mol. The molecule has 1 aromatic carbocycles. The van der Waals surface area contributed by atoms with Crippen molar-refractivity contribution in [2.45, 2.75) is 13.0 Å². The van der Waals surface area contributed by atoms with Crippen molar-refractivity contribution in [3.63, 3.8) is 0 Å².